The van der Waals surface area contributed by atoms with Gasteiger partial charge in [-0.3, -0.25) is 4.52 Å². The Kier molecular flexibility index (Phi) is 9.83. The van der Waals surface area contributed by atoms with Crippen LogP contribution >= 0.6 is 7.82 Å². The summed E-state index contributed by atoms with van der Waals surface area (Å²) >= 11 is 4.16. The van der Waals surface area contributed by atoms with Crippen molar-refractivity contribution in [3.63, 3.8) is 0 Å². The molecule has 9 nitrogen and oxygen atoms in total. The number of aliphatic hydroxyl groups is 2. The standard InChI is InChI=1S/C6H6NO.C5H10O7P.Ni/c1-3-4-5(2)6(7)8;6-3-1-11-4(5(3)7)2-12-13(8,9)10;/h1-4H,(H2,7,8);1,3-7H,2H2,(H2,8,9,10);/q2*-1;/b4-3-;;/t;3-,4+,5-;/m.0./s1. The number of hydrogen-bond donors (Lipinski definition) is 5. The van der Waals surface area contributed by atoms with Gasteiger partial charge in [-0.15, -0.1) is 0 Å². The van der Waals surface area contributed by atoms with Crippen LogP contribution in [0.2, 0.25) is 0 Å². The molecule has 0 bridgehead atoms. The van der Waals surface area contributed by atoms with Crippen LogP contribution in [0.1, 0.15) is 0 Å². The number of aliphatic hydroxyl groups excluding tert-OH is 2. The molecule has 1 aliphatic heterocycles. The van der Waals surface area contributed by atoms with Crippen molar-refractivity contribution in [3.05, 3.63) is 30.9 Å². The minimum absolute atomic E-state index is 0.0169. The van der Waals surface area contributed by atoms with E-state index in [9.17, 15) is 9.36 Å². The Labute approximate surface area is 134 Å². The average molecular weight is 380 g/mol. The fraction of sp³-hybridized carbons (Fsp3) is 0.364. The molecule has 0 saturated carbocycles. The molecular formula is C11H16NNiO8P-2. The van der Waals surface area contributed by atoms with Gasteiger partial charge in [0.1, 0.15) is 0 Å². The molecule has 1 aliphatic rings. The predicted molar refractivity (Wildman–Crippen MR) is 71.4 cm³/mol. The molecule has 130 valence electrons. The van der Waals surface area contributed by atoms with Gasteiger partial charge in [-0.2, -0.15) is 6.61 Å². The summed E-state index contributed by atoms with van der Waals surface area (Å²) < 4.78 is 19.0. The molecule has 1 amide bonds. The molecule has 6 N–H and O–H groups in total. The molecule has 0 aromatic heterocycles. The van der Waals surface area contributed by atoms with Crippen molar-refractivity contribution in [3.8, 4) is 0 Å². The molecule has 1 fully saturated rings. The summed E-state index contributed by atoms with van der Waals surface area (Å²) in [6, 6.07) is 0. The van der Waals surface area contributed by atoms with Crippen molar-refractivity contribution < 1.29 is 53.7 Å². The van der Waals surface area contributed by atoms with Gasteiger partial charge in [0.25, 0.3) is 0 Å². The van der Waals surface area contributed by atoms with Gasteiger partial charge in [-0.05, 0) is 6.10 Å². The van der Waals surface area contributed by atoms with Gasteiger partial charge in [0.2, 0.25) is 0 Å². The second kappa shape index (κ2) is 10.1. The first-order valence-electron chi connectivity index (χ1n) is 5.62. The second-order valence-corrected chi connectivity index (χ2v) is 5.43. The van der Waals surface area contributed by atoms with Crippen molar-refractivity contribution >= 4 is 18.7 Å². The minimum atomic E-state index is -4.55. The maximum atomic E-state index is 10.2. The van der Waals surface area contributed by atoms with E-state index in [1.165, 1.54) is 17.1 Å². The molecule has 0 unspecified atom stereocenters. The molecule has 1 heterocycles. The average Bonchev–Trinajstić information content (AvgIpc) is 2.73. The fourth-order valence-corrected chi connectivity index (χ4v) is 1.52. The van der Waals surface area contributed by atoms with Crippen LogP contribution in [-0.4, -0.2) is 55.8 Å². The predicted octanol–water partition coefficient (Wildman–Crippen LogP) is -1.89. The number of phosphoric ester groups is 1. The number of primary amides is 1. The van der Waals surface area contributed by atoms with Crippen LogP contribution in [0.4, 0.5) is 0 Å². The zero-order valence-corrected chi connectivity index (χ0v) is 13.0. The zero-order valence-electron chi connectivity index (χ0n) is 11.1. The summed E-state index contributed by atoms with van der Waals surface area (Å²) in [4.78, 5) is 28.2. The van der Waals surface area contributed by atoms with Gasteiger partial charge < -0.3 is 24.7 Å². The number of nitrogens with two attached hydrogens (primary N) is 1. The first kappa shape index (κ1) is 21.3. The number of phosphoric acid groups is 1. The van der Waals surface area contributed by atoms with Crippen molar-refractivity contribution in [2.45, 2.75) is 18.3 Å². The molecule has 1 saturated heterocycles. The van der Waals surface area contributed by atoms with Crippen LogP contribution in [0, 0.1) is 13.2 Å². The molecule has 22 heavy (non-hydrogen) atoms. The number of carbonyl (C=O) groups is 1. The van der Waals surface area contributed by atoms with Crippen molar-refractivity contribution in [2.24, 2.45) is 5.73 Å². The van der Waals surface area contributed by atoms with Crippen LogP contribution in [0.3, 0.4) is 0 Å². The van der Waals surface area contributed by atoms with E-state index in [0.29, 0.717) is 0 Å². The zero-order chi connectivity index (χ0) is 17.3. The van der Waals surface area contributed by atoms with Crippen molar-refractivity contribution in [1.29, 1.82) is 0 Å². The quantitative estimate of drug-likeness (QED) is 0.118. The van der Waals surface area contributed by atoms with E-state index in [-0.39, 0.29) is 5.57 Å². The van der Waals surface area contributed by atoms with E-state index in [0.717, 1.165) is 6.61 Å². The fourth-order valence-electron chi connectivity index (χ4n) is 1.09. The van der Waals surface area contributed by atoms with E-state index in [4.69, 9.17) is 32.3 Å². The first-order valence-corrected chi connectivity index (χ1v) is 7.72. The third-order valence-electron chi connectivity index (χ3n) is 2.15. The Morgan fingerprint density at radius 3 is 2.45 bits per heavy atom. The summed E-state index contributed by atoms with van der Waals surface area (Å²) in [5.41, 5.74) is 4.80. The maximum absolute atomic E-state index is 10.2. The van der Waals surface area contributed by atoms with Gasteiger partial charge in [0, 0.05) is 0 Å². The molecule has 0 spiro atoms. The van der Waals surface area contributed by atoms with Gasteiger partial charge in [-0.1, -0.05) is 0 Å². The summed E-state index contributed by atoms with van der Waals surface area (Å²) in [5.74, 6) is -0.631. The number of allylic oxidation sites excluding steroid dienone is 1. The molecule has 3 atom stereocenters. The molecule has 0 aromatic rings. The Morgan fingerprint density at radius 2 is 2.09 bits per heavy atom. The van der Waals surface area contributed by atoms with E-state index >= 15 is 0 Å². The van der Waals surface area contributed by atoms with Crippen LogP contribution in [-0.2, 0) is 33.7 Å². The summed E-state index contributed by atoms with van der Waals surface area (Å²) in [6.07, 6.45) is -0.453. The number of rotatable bonds is 6. The van der Waals surface area contributed by atoms with Crippen LogP contribution in [0.5, 0.6) is 0 Å². The van der Waals surface area contributed by atoms with Crippen LogP contribution in [0.15, 0.2) is 17.7 Å². The van der Waals surface area contributed by atoms with Crippen LogP contribution in [0.25, 0.3) is 0 Å². The molecule has 0 aliphatic carbocycles. The molecule has 0 aromatic carbocycles. The molecule has 0 radical (unpaired) electrons. The molecule has 11 heteroatoms. The summed E-state index contributed by atoms with van der Waals surface area (Å²) in [7, 11) is -4.55. The topological polar surface area (TPSA) is 160 Å². The van der Waals surface area contributed by atoms with Crippen molar-refractivity contribution in [2.75, 3.05) is 6.61 Å². The summed E-state index contributed by atoms with van der Waals surface area (Å²) in [5, 5.41) is 18.0. The SMILES string of the molecule is O=P(O)(O)OC[C@H]1O[CH-][C@H](O)[C@@H]1O.[CH-]=C(/C=C\[CH]=[Ni])C(N)=O. The van der Waals surface area contributed by atoms with Gasteiger partial charge in [0.05, 0.1) is 18.8 Å². The summed E-state index contributed by atoms with van der Waals surface area (Å²) in [6.45, 7) is 5.61. The normalized spacial score (nSPS) is 24.7. The van der Waals surface area contributed by atoms with E-state index in [2.05, 4.69) is 24.3 Å². The Bertz CT molecular complexity index is 477. The Morgan fingerprint density at radius 1 is 1.50 bits per heavy atom. The van der Waals surface area contributed by atoms with Gasteiger partial charge in [-0.25, -0.2) is 4.57 Å². The number of hydrogen-bond acceptors (Lipinski definition) is 6. The third-order valence-corrected chi connectivity index (χ3v) is 2.83. The number of amides is 1. The van der Waals surface area contributed by atoms with Crippen molar-refractivity contribution in [1.82, 2.24) is 0 Å². The molecular weight excluding hydrogens is 364 g/mol. The van der Waals surface area contributed by atoms with E-state index in [1.807, 2.05) is 0 Å². The van der Waals surface area contributed by atoms with E-state index in [1.54, 1.807) is 0 Å². The number of ether oxygens (including phenoxy) is 1. The Balaban J connectivity index is 0.000000433. The van der Waals surface area contributed by atoms with Crippen LogP contribution < -0.4 is 5.73 Å². The Hall–Kier alpha value is -0.696. The molecule has 1 rings (SSSR count). The van der Waals surface area contributed by atoms with Gasteiger partial charge in [0.15, 0.2) is 0 Å². The first-order chi connectivity index (χ1) is 10.1. The van der Waals surface area contributed by atoms with E-state index < -0.39 is 38.6 Å². The third kappa shape index (κ3) is 9.35. The number of carbonyl (C=O) groups excluding carboxylic acids is 1. The second-order valence-electron chi connectivity index (χ2n) is 3.86. The van der Waals surface area contributed by atoms with Gasteiger partial charge >= 0.3 is 68.6 Å². The monoisotopic (exact) mass is 379 g/mol.